The van der Waals surface area contributed by atoms with Crippen LogP contribution in [0.3, 0.4) is 0 Å². The molecule has 1 aromatic rings. The molecular weight excluding hydrogens is 319 g/mol. The highest BCUT2D eigenvalue weighted by atomic mass is 79.9. The van der Waals surface area contributed by atoms with Crippen molar-refractivity contribution in [3.8, 4) is 0 Å². The van der Waals surface area contributed by atoms with Crippen LogP contribution in [0, 0.1) is 0 Å². The normalized spacial score (nSPS) is 10.7. The maximum absolute atomic E-state index is 10.4. The van der Waals surface area contributed by atoms with Crippen molar-refractivity contribution in [3.63, 3.8) is 0 Å². The quantitative estimate of drug-likeness (QED) is 0.594. The minimum atomic E-state index is -0.476. The molecule has 0 aliphatic carbocycles. The molecule has 1 aromatic carbocycles. The Morgan fingerprint density at radius 1 is 1.23 bits per heavy atom. The van der Waals surface area contributed by atoms with E-state index in [2.05, 4.69) is 31.9 Å². The fourth-order valence-corrected chi connectivity index (χ4v) is 2.23. The lowest BCUT2D eigenvalue weighted by molar-refractivity contribution is -0.107. The molecule has 0 atom stereocenters. The molecule has 0 radical (unpaired) electrons. The SMILES string of the molecule is O=C(Cl)/C=C/c1cc(Br)cc(Br)c1. The second kappa shape index (κ2) is 4.94. The number of carbonyl (C=O) groups is 1. The second-order valence-corrected chi connectivity index (χ2v) is 4.54. The summed E-state index contributed by atoms with van der Waals surface area (Å²) < 4.78 is 1.90. The van der Waals surface area contributed by atoms with Gasteiger partial charge in [0, 0.05) is 8.95 Å². The summed E-state index contributed by atoms with van der Waals surface area (Å²) in [6, 6.07) is 5.70. The first-order valence-corrected chi connectivity index (χ1v) is 5.38. The summed E-state index contributed by atoms with van der Waals surface area (Å²) >= 11 is 11.8. The summed E-state index contributed by atoms with van der Waals surface area (Å²) in [6.07, 6.45) is 2.97. The van der Waals surface area contributed by atoms with Crippen molar-refractivity contribution in [2.45, 2.75) is 0 Å². The van der Waals surface area contributed by atoms with E-state index in [1.54, 1.807) is 6.08 Å². The second-order valence-electron chi connectivity index (χ2n) is 2.34. The lowest BCUT2D eigenvalue weighted by Crippen LogP contribution is -1.77. The molecule has 0 aliphatic rings. The molecule has 0 aliphatic heterocycles. The topological polar surface area (TPSA) is 17.1 Å². The number of hydrogen-bond acceptors (Lipinski definition) is 1. The highest BCUT2D eigenvalue weighted by Gasteiger charge is 1.94. The molecule has 13 heavy (non-hydrogen) atoms. The average Bonchev–Trinajstić information content (AvgIpc) is 1.99. The fraction of sp³-hybridized carbons (Fsp3) is 0. The van der Waals surface area contributed by atoms with Gasteiger partial charge in [-0.1, -0.05) is 37.9 Å². The Bertz CT molecular complexity index is 340. The van der Waals surface area contributed by atoms with Crippen LogP contribution in [0.1, 0.15) is 5.56 Å². The van der Waals surface area contributed by atoms with E-state index in [1.807, 2.05) is 18.2 Å². The molecule has 0 unspecified atom stereocenters. The molecule has 68 valence electrons. The van der Waals surface area contributed by atoms with Gasteiger partial charge < -0.3 is 0 Å². The van der Waals surface area contributed by atoms with Gasteiger partial charge in [-0.3, -0.25) is 4.79 Å². The van der Waals surface area contributed by atoms with Crippen LogP contribution in [0.4, 0.5) is 0 Å². The summed E-state index contributed by atoms with van der Waals surface area (Å²) in [4.78, 5) is 10.4. The number of halogens is 3. The van der Waals surface area contributed by atoms with Crippen LogP contribution < -0.4 is 0 Å². The van der Waals surface area contributed by atoms with Crippen LogP contribution in [0.5, 0.6) is 0 Å². The summed E-state index contributed by atoms with van der Waals surface area (Å²) in [5.41, 5.74) is 0.912. The van der Waals surface area contributed by atoms with Gasteiger partial charge >= 0.3 is 0 Å². The number of allylic oxidation sites excluding steroid dienone is 1. The van der Waals surface area contributed by atoms with Gasteiger partial charge in [0.05, 0.1) is 0 Å². The van der Waals surface area contributed by atoms with Crippen molar-refractivity contribution in [1.29, 1.82) is 0 Å². The summed E-state index contributed by atoms with van der Waals surface area (Å²) in [5.74, 6) is 0. The first kappa shape index (κ1) is 11.0. The standard InChI is InChI=1S/C9H5Br2ClO/c10-7-3-6(1-2-9(12)13)4-8(11)5-7/h1-5H/b2-1+. The van der Waals surface area contributed by atoms with Crippen LogP contribution in [0.25, 0.3) is 6.08 Å². The van der Waals surface area contributed by atoms with Crippen molar-refractivity contribution < 1.29 is 4.79 Å². The van der Waals surface area contributed by atoms with Gasteiger partial charge in [-0.2, -0.15) is 0 Å². The monoisotopic (exact) mass is 322 g/mol. The van der Waals surface area contributed by atoms with Crippen LogP contribution in [0.15, 0.2) is 33.2 Å². The first-order chi connectivity index (χ1) is 6.08. The molecule has 0 bridgehead atoms. The maximum Gasteiger partial charge on any atom is 0.245 e. The number of carbonyl (C=O) groups excluding carboxylic acids is 1. The van der Waals surface area contributed by atoms with Crippen LogP contribution in [-0.4, -0.2) is 5.24 Å². The van der Waals surface area contributed by atoms with Gasteiger partial charge in [-0.05, 0) is 41.4 Å². The molecule has 0 aromatic heterocycles. The number of rotatable bonds is 2. The van der Waals surface area contributed by atoms with E-state index in [0.29, 0.717) is 0 Å². The molecule has 0 spiro atoms. The Morgan fingerprint density at radius 2 is 1.77 bits per heavy atom. The molecule has 1 nitrogen and oxygen atoms in total. The molecule has 1 rings (SSSR count). The van der Waals surface area contributed by atoms with Crippen LogP contribution in [-0.2, 0) is 4.79 Å². The van der Waals surface area contributed by atoms with Crippen LogP contribution >= 0.6 is 43.5 Å². The highest BCUT2D eigenvalue weighted by molar-refractivity contribution is 9.11. The lowest BCUT2D eigenvalue weighted by atomic mass is 10.2. The molecular formula is C9H5Br2ClO. The average molecular weight is 324 g/mol. The van der Waals surface area contributed by atoms with Crippen LogP contribution in [0.2, 0.25) is 0 Å². The van der Waals surface area contributed by atoms with E-state index < -0.39 is 5.24 Å². The summed E-state index contributed by atoms with van der Waals surface area (Å²) in [5, 5.41) is -0.476. The van der Waals surface area contributed by atoms with Gasteiger partial charge in [0.25, 0.3) is 0 Å². The predicted molar refractivity (Wildman–Crippen MR) is 61.7 cm³/mol. The van der Waals surface area contributed by atoms with E-state index in [9.17, 15) is 4.79 Å². The molecule has 0 saturated carbocycles. The first-order valence-electron chi connectivity index (χ1n) is 3.41. The van der Waals surface area contributed by atoms with Crippen molar-refractivity contribution in [3.05, 3.63) is 38.8 Å². The minimum absolute atomic E-state index is 0.476. The predicted octanol–water partition coefficient (Wildman–Crippen LogP) is 3.99. The zero-order valence-electron chi connectivity index (χ0n) is 6.43. The van der Waals surface area contributed by atoms with E-state index in [-0.39, 0.29) is 0 Å². The third-order valence-corrected chi connectivity index (χ3v) is 2.33. The van der Waals surface area contributed by atoms with Gasteiger partial charge in [-0.15, -0.1) is 0 Å². The van der Waals surface area contributed by atoms with Crippen molar-refractivity contribution in [1.82, 2.24) is 0 Å². The Kier molecular flexibility index (Phi) is 4.16. The lowest BCUT2D eigenvalue weighted by Gasteiger charge is -1.96. The summed E-state index contributed by atoms with van der Waals surface area (Å²) in [6.45, 7) is 0. The fourth-order valence-electron chi connectivity index (χ4n) is 0.833. The van der Waals surface area contributed by atoms with E-state index >= 15 is 0 Å². The number of benzene rings is 1. The van der Waals surface area contributed by atoms with Crippen molar-refractivity contribution >= 4 is 54.8 Å². The van der Waals surface area contributed by atoms with E-state index in [4.69, 9.17) is 11.6 Å². The van der Waals surface area contributed by atoms with Gasteiger partial charge in [0.1, 0.15) is 0 Å². The molecule has 0 saturated heterocycles. The third kappa shape index (κ3) is 4.07. The molecule has 0 fully saturated rings. The van der Waals surface area contributed by atoms with Gasteiger partial charge in [0.2, 0.25) is 5.24 Å². The smallest absolute Gasteiger partial charge is 0.245 e. The van der Waals surface area contributed by atoms with Crippen molar-refractivity contribution in [2.24, 2.45) is 0 Å². The largest absolute Gasteiger partial charge is 0.276 e. The zero-order chi connectivity index (χ0) is 9.84. The highest BCUT2D eigenvalue weighted by Crippen LogP contribution is 2.20. The zero-order valence-corrected chi connectivity index (χ0v) is 10.4. The Hall–Kier alpha value is -0.120. The molecule has 0 amide bonds. The molecule has 0 N–H and O–H groups in total. The van der Waals surface area contributed by atoms with Gasteiger partial charge in [-0.25, -0.2) is 0 Å². The number of hydrogen-bond donors (Lipinski definition) is 0. The van der Waals surface area contributed by atoms with E-state index in [0.717, 1.165) is 14.5 Å². The third-order valence-electron chi connectivity index (χ3n) is 1.29. The van der Waals surface area contributed by atoms with Crippen molar-refractivity contribution in [2.75, 3.05) is 0 Å². The Balaban J connectivity index is 2.95. The van der Waals surface area contributed by atoms with Gasteiger partial charge in [0.15, 0.2) is 0 Å². The Morgan fingerprint density at radius 3 is 2.23 bits per heavy atom. The minimum Gasteiger partial charge on any atom is -0.276 e. The summed E-state index contributed by atoms with van der Waals surface area (Å²) in [7, 11) is 0. The Labute approximate surface area is 98.0 Å². The molecule has 0 heterocycles. The maximum atomic E-state index is 10.4. The van der Waals surface area contributed by atoms with E-state index in [1.165, 1.54) is 6.08 Å². The molecule has 4 heteroatoms.